The first-order valence-corrected chi connectivity index (χ1v) is 9.60. The van der Waals surface area contributed by atoms with E-state index in [0.29, 0.717) is 24.5 Å². The fraction of sp³-hybridized carbons (Fsp3) is 0.348. The van der Waals surface area contributed by atoms with Crippen LogP contribution in [-0.4, -0.2) is 44.5 Å². The minimum Gasteiger partial charge on any atom is -0.496 e. The highest BCUT2D eigenvalue weighted by atomic mass is 16.5. The lowest BCUT2D eigenvalue weighted by Gasteiger charge is -2.21. The van der Waals surface area contributed by atoms with Gasteiger partial charge in [-0.25, -0.2) is 0 Å². The zero-order valence-corrected chi connectivity index (χ0v) is 16.1. The number of methoxy groups -OCH3 is 1. The van der Waals surface area contributed by atoms with Crippen molar-refractivity contribution in [1.29, 1.82) is 0 Å². The van der Waals surface area contributed by atoms with Crippen molar-refractivity contribution in [3.8, 4) is 5.75 Å². The van der Waals surface area contributed by atoms with E-state index in [-0.39, 0.29) is 24.3 Å². The van der Waals surface area contributed by atoms with E-state index in [1.54, 1.807) is 7.11 Å². The molecule has 0 spiro atoms. The van der Waals surface area contributed by atoms with Crippen LogP contribution in [0.1, 0.15) is 17.5 Å². The maximum atomic E-state index is 13.0. The number of para-hydroxylation sites is 1. The molecule has 0 radical (unpaired) electrons. The van der Waals surface area contributed by atoms with Crippen molar-refractivity contribution in [2.75, 3.05) is 33.5 Å². The van der Waals surface area contributed by atoms with Gasteiger partial charge in [-0.05, 0) is 30.0 Å². The van der Waals surface area contributed by atoms with E-state index in [9.17, 15) is 9.90 Å². The molecule has 1 saturated heterocycles. The van der Waals surface area contributed by atoms with Gasteiger partial charge in [0.25, 0.3) is 5.91 Å². The predicted octanol–water partition coefficient (Wildman–Crippen LogP) is 3.00. The summed E-state index contributed by atoms with van der Waals surface area (Å²) in [4.78, 5) is 13.0. The Morgan fingerprint density at radius 2 is 2.00 bits per heavy atom. The van der Waals surface area contributed by atoms with Crippen molar-refractivity contribution in [3.05, 3.63) is 65.7 Å². The van der Waals surface area contributed by atoms with Crippen LogP contribution < -0.4 is 10.1 Å². The molecule has 28 heavy (non-hydrogen) atoms. The Labute approximate surface area is 166 Å². The van der Waals surface area contributed by atoms with Crippen molar-refractivity contribution in [1.82, 2.24) is 5.32 Å². The fourth-order valence-electron chi connectivity index (χ4n) is 3.46. The summed E-state index contributed by atoms with van der Waals surface area (Å²) in [6.45, 7) is 1.81. The summed E-state index contributed by atoms with van der Waals surface area (Å²) in [5, 5.41) is 12.7. The molecule has 2 aromatic carbocycles. The number of aliphatic hydroxyl groups excluding tert-OH is 1. The average molecular weight is 381 g/mol. The molecular weight excluding hydrogens is 354 g/mol. The van der Waals surface area contributed by atoms with Gasteiger partial charge >= 0.3 is 0 Å². The lowest BCUT2D eigenvalue weighted by atomic mass is 9.92. The molecule has 0 aliphatic carbocycles. The summed E-state index contributed by atoms with van der Waals surface area (Å²) in [5.74, 6) is 0.813. The molecule has 1 aliphatic rings. The number of hydrogen-bond acceptors (Lipinski definition) is 4. The summed E-state index contributed by atoms with van der Waals surface area (Å²) in [5.41, 5.74) is 2.22. The van der Waals surface area contributed by atoms with Gasteiger partial charge < -0.3 is 19.9 Å². The normalized spacial score (nSPS) is 17.9. The lowest BCUT2D eigenvalue weighted by molar-refractivity contribution is -0.115. The number of hydrogen-bond donors (Lipinski definition) is 2. The highest BCUT2D eigenvalue weighted by Crippen LogP contribution is 2.25. The Bertz CT molecular complexity index is 797. The Hall–Kier alpha value is -2.63. The molecule has 5 heteroatoms. The molecule has 2 aromatic rings. The zero-order valence-electron chi connectivity index (χ0n) is 16.1. The van der Waals surface area contributed by atoms with E-state index < -0.39 is 0 Å². The number of benzene rings is 2. The molecule has 5 nitrogen and oxygen atoms in total. The minimum atomic E-state index is -0.172. The molecule has 0 saturated carbocycles. The van der Waals surface area contributed by atoms with E-state index in [1.807, 2.05) is 60.7 Å². The van der Waals surface area contributed by atoms with Crippen molar-refractivity contribution in [2.24, 2.45) is 11.8 Å². The number of nitrogens with one attached hydrogen (secondary N) is 1. The second kappa shape index (κ2) is 10.1. The molecule has 1 heterocycles. The average Bonchev–Trinajstić information content (AvgIpc) is 3.28. The van der Waals surface area contributed by atoms with Gasteiger partial charge in [-0.3, -0.25) is 4.79 Å². The topological polar surface area (TPSA) is 67.8 Å². The Morgan fingerprint density at radius 3 is 2.68 bits per heavy atom. The molecule has 1 fully saturated rings. The number of ether oxygens (including phenoxy) is 2. The molecule has 0 bridgehead atoms. The van der Waals surface area contributed by atoms with Crippen LogP contribution in [0.2, 0.25) is 0 Å². The van der Waals surface area contributed by atoms with Crippen LogP contribution in [0.5, 0.6) is 5.75 Å². The van der Waals surface area contributed by atoms with E-state index in [0.717, 1.165) is 24.2 Å². The Balaban J connectivity index is 1.82. The molecule has 3 rings (SSSR count). The lowest BCUT2D eigenvalue weighted by Crippen LogP contribution is -2.35. The first-order valence-electron chi connectivity index (χ1n) is 9.60. The van der Waals surface area contributed by atoms with Gasteiger partial charge in [0, 0.05) is 43.4 Å². The van der Waals surface area contributed by atoms with Gasteiger partial charge in [0.1, 0.15) is 5.75 Å². The largest absolute Gasteiger partial charge is 0.496 e. The highest BCUT2D eigenvalue weighted by molar-refractivity contribution is 6.24. The summed E-state index contributed by atoms with van der Waals surface area (Å²) >= 11 is 0. The monoisotopic (exact) mass is 381 g/mol. The van der Waals surface area contributed by atoms with Crippen LogP contribution in [0.4, 0.5) is 0 Å². The number of carbonyl (C=O) groups excluding carboxylic acids is 1. The van der Waals surface area contributed by atoms with Crippen molar-refractivity contribution < 1.29 is 19.4 Å². The van der Waals surface area contributed by atoms with Gasteiger partial charge in [-0.15, -0.1) is 0 Å². The fourth-order valence-corrected chi connectivity index (χ4v) is 3.46. The van der Waals surface area contributed by atoms with E-state index in [1.165, 1.54) is 0 Å². The van der Waals surface area contributed by atoms with Crippen LogP contribution in [0.15, 0.2) is 54.6 Å². The predicted molar refractivity (Wildman–Crippen MR) is 110 cm³/mol. The maximum absolute atomic E-state index is 13.0. The quantitative estimate of drug-likeness (QED) is 0.545. The molecule has 1 aliphatic heterocycles. The first-order chi connectivity index (χ1) is 13.7. The van der Waals surface area contributed by atoms with Gasteiger partial charge in [-0.2, -0.15) is 0 Å². The Morgan fingerprint density at radius 1 is 1.25 bits per heavy atom. The summed E-state index contributed by atoms with van der Waals surface area (Å²) in [6, 6.07) is 17.2. The van der Waals surface area contributed by atoms with Gasteiger partial charge in [0.2, 0.25) is 0 Å². The summed E-state index contributed by atoms with van der Waals surface area (Å²) < 4.78 is 10.8. The van der Waals surface area contributed by atoms with Crippen molar-refractivity contribution in [3.63, 3.8) is 0 Å². The highest BCUT2D eigenvalue weighted by Gasteiger charge is 2.26. The van der Waals surface area contributed by atoms with Crippen LogP contribution in [-0.2, 0) is 9.53 Å². The zero-order chi connectivity index (χ0) is 19.8. The molecule has 1 amide bonds. The SMILES string of the molecule is COc1ccccc1C=C(C(=O)NCC(CO)C1CCOC1)c1ccccc1. The summed E-state index contributed by atoms with van der Waals surface area (Å²) in [7, 11) is 1.62. The molecular formula is C23H27NO4. The third kappa shape index (κ3) is 5.00. The van der Waals surface area contributed by atoms with E-state index >= 15 is 0 Å². The molecule has 2 N–H and O–H groups in total. The van der Waals surface area contributed by atoms with Gasteiger partial charge in [0.15, 0.2) is 0 Å². The maximum Gasteiger partial charge on any atom is 0.251 e. The van der Waals surface area contributed by atoms with Crippen molar-refractivity contribution >= 4 is 17.6 Å². The molecule has 2 atom stereocenters. The van der Waals surface area contributed by atoms with Gasteiger partial charge in [0.05, 0.1) is 7.11 Å². The first kappa shape index (κ1) is 20.1. The third-order valence-corrected chi connectivity index (χ3v) is 5.16. The summed E-state index contributed by atoms with van der Waals surface area (Å²) in [6.07, 6.45) is 2.76. The van der Waals surface area contributed by atoms with Crippen LogP contribution >= 0.6 is 0 Å². The van der Waals surface area contributed by atoms with Crippen molar-refractivity contribution in [2.45, 2.75) is 6.42 Å². The van der Waals surface area contributed by atoms with Crippen LogP contribution in [0, 0.1) is 11.8 Å². The number of aliphatic hydroxyl groups is 1. The molecule has 0 aromatic heterocycles. The second-order valence-corrected chi connectivity index (χ2v) is 6.94. The Kier molecular flexibility index (Phi) is 7.23. The standard InChI is InChI=1S/C23H27NO4/c1-27-22-10-6-5-9-18(22)13-21(17-7-3-2-4-8-17)23(26)24-14-20(15-25)19-11-12-28-16-19/h2-10,13,19-20,25H,11-12,14-16H2,1H3,(H,24,26). The second-order valence-electron chi connectivity index (χ2n) is 6.94. The van der Waals surface area contributed by atoms with Crippen LogP contribution in [0.25, 0.3) is 11.6 Å². The minimum absolute atomic E-state index is 0.00488. The van der Waals surface area contributed by atoms with Gasteiger partial charge in [-0.1, -0.05) is 48.5 Å². The number of rotatable bonds is 8. The van der Waals surface area contributed by atoms with Crippen LogP contribution in [0.3, 0.4) is 0 Å². The van der Waals surface area contributed by atoms with E-state index in [4.69, 9.17) is 9.47 Å². The number of carbonyl (C=O) groups is 1. The molecule has 2 unspecified atom stereocenters. The van der Waals surface area contributed by atoms with E-state index in [2.05, 4.69) is 5.32 Å². The third-order valence-electron chi connectivity index (χ3n) is 5.16. The smallest absolute Gasteiger partial charge is 0.251 e. The number of amides is 1. The molecule has 148 valence electrons.